The fraction of sp³-hybridized carbons (Fsp3) is 0.538. The van der Waals surface area contributed by atoms with Gasteiger partial charge in [-0.15, -0.1) is 0 Å². The Hall–Kier alpha value is -1.78. The SMILES string of the molecule is CCC(C)CN(C)c1nccc(C(=O)OC)c1N. The van der Waals surface area contributed by atoms with Crippen molar-refractivity contribution >= 4 is 17.5 Å². The molecule has 100 valence electrons. The van der Waals surface area contributed by atoms with Gasteiger partial charge in [-0.25, -0.2) is 9.78 Å². The summed E-state index contributed by atoms with van der Waals surface area (Å²) in [5.41, 5.74) is 6.70. The van der Waals surface area contributed by atoms with E-state index in [1.165, 1.54) is 7.11 Å². The molecule has 0 radical (unpaired) electrons. The van der Waals surface area contributed by atoms with Gasteiger partial charge in [0.15, 0.2) is 5.82 Å². The van der Waals surface area contributed by atoms with Crippen LogP contribution < -0.4 is 10.6 Å². The predicted molar refractivity (Wildman–Crippen MR) is 72.7 cm³/mol. The van der Waals surface area contributed by atoms with Gasteiger partial charge in [0.1, 0.15) is 0 Å². The number of nitrogen functional groups attached to an aromatic ring is 1. The van der Waals surface area contributed by atoms with Gasteiger partial charge in [0.05, 0.1) is 18.4 Å². The van der Waals surface area contributed by atoms with Gasteiger partial charge in [0.2, 0.25) is 0 Å². The molecule has 2 N–H and O–H groups in total. The fourth-order valence-corrected chi connectivity index (χ4v) is 1.74. The second-order valence-corrected chi connectivity index (χ2v) is 4.48. The van der Waals surface area contributed by atoms with Gasteiger partial charge >= 0.3 is 5.97 Å². The molecule has 0 bridgehead atoms. The molecule has 0 amide bonds. The first-order valence-corrected chi connectivity index (χ1v) is 6.05. The van der Waals surface area contributed by atoms with Crippen molar-refractivity contribution in [1.82, 2.24) is 4.98 Å². The summed E-state index contributed by atoms with van der Waals surface area (Å²) < 4.78 is 4.69. The second kappa shape index (κ2) is 6.23. The molecule has 18 heavy (non-hydrogen) atoms. The molecule has 1 rings (SSSR count). The number of hydrogen-bond donors (Lipinski definition) is 1. The Balaban J connectivity index is 2.99. The van der Waals surface area contributed by atoms with Crippen LogP contribution in [-0.4, -0.2) is 31.7 Å². The smallest absolute Gasteiger partial charge is 0.340 e. The molecule has 0 aliphatic rings. The quantitative estimate of drug-likeness (QED) is 0.810. The lowest BCUT2D eigenvalue weighted by atomic mass is 10.1. The summed E-state index contributed by atoms with van der Waals surface area (Å²) in [6.45, 7) is 5.15. The van der Waals surface area contributed by atoms with Gasteiger partial charge in [-0.3, -0.25) is 0 Å². The summed E-state index contributed by atoms with van der Waals surface area (Å²) in [6, 6.07) is 1.57. The molecule has 0 aliphatic heterocycles. The summed E-state index contributed by atoms with van der Waals surface area (Å²) >= 11 is 0. The standard InChI is InChI=1S/C13H21N3O2/c1-5-9(2)8-16(3)12-11(14)10(6-7-15-12)13(17)18-4/h6-7,9H,5,8,14H2,1-4H3. The molecule has 0 fully saturated rings. The van der Waals surface area contributed by atoms with Gasteiger partial charge in [-0.2, -0.15) is 0 Å². The van der Waals surface area contributed by atoms with Crippen molar-refractivity contribution in [2.45, 2.75) is 20.3 Å². The summed E-state index contributed by atoms with van der Waals surface area (Å²) in [5, 5.41) is 0. The van der Waals surface area contributed by atoms with Crippen LogP contribution in [0.15, 0.2) is 12.3 Å². The first-order chi connectivity index (χ1) is 8.51. The minimum atomic E-state index is -0.437. The molecule has 1 heterocycles. The number of ether oxygens (including phenoxy) is 1. The fourth-order valence-electron chi connectivity index (χ4n) is 1.74. The van der Waals surface area contributed by atoms with Crippen molar-refractivity contribution in [3.8, 4) is 0 Å². The molecule has 0 spiro atoms. The number of anilines is 2. The van der Waals surface area contributed by atoms with E-state index in [9.17, 15) is 4.79 Å². The summed E-state index contributed by atoms with van der Waals surface area (Å²) in [6.07, 6.45) is 2.66. The van der Waals surface area contributed by atoms with Gasteiger partial charge in [0, 0.05) is 19.8 Å². The third-order valence-electron chi connectivity index (χ3n) is 3.02. The Labute approximate surface area is 108 Å². The maximum Gasteiger partial charge on any atom is 0.340 e. The molecular formula is C13H21N3O2. The van der Waals surface area contributed by atoms with E-state index < -0.39 is 5.97 Å². The maximum absolute atomic E-state index is 11.5. The van der Waals surface area contributed by atoms with Crippen LogP contribution >= 0.6 is 0 Å². The monoisotopic (exact) mass is 251 g/mol. The second-order valence-electron chi connectivity index (χ2n) is 4.48. The van der Waals surface area contributed by atoms with Gasteiger partial charge in [0.25, 0.3) is 0 Å². The lowest BCUT2D eigenvalue weighted by Gasteiger charge is -2.23. The summed E-state index contributed by atoms with van der Waals surface area (Å²) in [5.74, 6) is 0.726. The van der Waals surface area contributed by atoms with E-state index in [1.54, 1.807) is 12.3 Å². The Morgan fingerprint density at radius 3 is 2.83 bits per heavy atom. The van der Waals surface area contributed by atoms with E-state index in [0.717, 1.165) is 13.0 Å². The van der Waals surface area contributed by atoms with Crippen molar-refractivity contribution in [3.63, 3.8) is 0 Å². The van der Waals surface area contributed by atoms with Gasteiger partial charge in [-0.05, 0) is 12.0 Å². The minimum absolute atomic E-state index is 0.360. The number of pyridine rings is 1. The van der Waals surface area contributed by atoms with Crippen molar-refractivity contribution < 1.29 is 9.53 Å². The van der Waals surface area contributed by atoms with Crippen LogP contribution in [0.4, 0.5) is 11.5 Å². The molecule has 0 aliphatic carbocycles. The van der Waals surface area contributed by atoms with Crippen LogP contribution in [0.1, 0.15) is 30.6 Å². The number of carbonyl (C=O) groups is 1. The Morgan fingerprint density at radius 1 is 1.61 bits per heavy atom. The molecule has 1 aromatic heterocycles. The number of rotatable bonds is 5. The van der Waals surface area contributed by atoms with E-state index >= 15 is 0 Å². The molecule has 0 aromatic carbocycles. The first-order valence-electron chi connectivity index (χ1n) is 6.05. The van der Waals surface area contributed by atoms with E-state index in [-0.39, 0.29) is 0 Å². The Bertz CT molecular complexity index is 421. The number of esters is 1. The van der Waals surface area contributed by atoms with Crippen LogP contribution in [0.2, 0.25) is 0 Å². The minimum Gasteiger partial charge on any atom is -0.465 e. The number of methoxy groups -OCH3 is 1. The molecule has 0 saturated heterocycles. The van der Waals surface area contributed by atoms with Crippen LogP contribution in [0, 0.1) is 5.92 Å². The molecular weight excluding hydrogens is 230 g/mol. The van der Waals surface area contributed by atoms with Crippen LogP contribution in [0.5, 0.6) is 0 Å². The average molecular weight is 251 g/mol. The average Bonchev–Trinajstić information content (AvgIpc) is 2.37. The number of hydrogen-bond acceptors (Lipinski definition) is 5. The first kappa shape index (κ1) is 14.3. The van der Waals surface area contributed by atoms with Crippen molar-refractivity contribution in [2.24, 2.45) is 5.92 Å². The topological polar surface area (TPSA) is 68.5 Å². The van der Waals surface area contributed by atoms with E-state index in [2.05, 4.69) is 23.6 Å². The number of aromatic nitrogens is 1. The molecule has 1 unspecified atom stereocenters. The number of carbonyl (C=O) groups excluding carboxylic acids is 1. The zero-order valence-electron chi connectivity index (χ0n) is 11.4. The highest BCUT2D eigenvalue weighted by Gasteiger charge is 2.17. The highest BCUT2D eigenvalue weighted by molar-refractivity contribution is 5.97. The zero-order chi connectivity index (χ0) is 13.7. The summed E-state index contributed by atoms with van der Waals surface area (Å²) in [4.78, 5) is 17.7. The highest BCUT2D eigenvalue weighted by atomic mass is 16.5. The predicted octanol–water partition coefficient (Wildman–Crippen LogP) is 1.93. The maximum atomic E-state index is 11.5. The zero-order valence-corrected chi connectivity index (χ0v) is 11.4. The van der Waals surface area contributed by atoms with Crippen LogP contribution in [0.25, 0.3) is 0 Å². The van der Waals surface area contributed by atoms with E-state index in [4.69, 9.17) is 5.73 Å². The van der Waals surface area contributed by atoms with Crippen molar-refractivity contribution in [2.75, 3.05) is 31.3 Å². The van der Waals surface area contributed by atoms with Crippen LogP contribution in [-0.2, 0) is 4.74 Å². The molecule has 1 aromatic rings. The molecule has 5 nitrogen and oxygen atoms in total. The lowest BCUT2D eigenvalue weighted by Crippen LogP contribution is -2.26. The van der Waals surface area contributed by atoms with E-state index in [1.807, 2.05) is 11.9 Å². The van der Waals surface area contributed by atoms with Crippen molar-refractivity contribution in [1.29, 1.82) is 0 Å². The third kappa shape index (κ3) is 3.12. The highest BCUT2D eigenvalue weighted by Crippen LogP contribution is 2.24. The number of nitrogens with zero attached hydrogens (tertiary/aromatic N) is 2. The molecule has 5 heteroatoms. The van der Waals surface area contributed by atoms with Crippen molar-refractivity contribution in [3.05, 3.63) is 17.8 Å². The van der Waals surface area contributed by atoms with E-state index in [0.29, 0.717) is 23.0 Å². The normalized spacial score (nSPS) is 12.0. The molecule has 1 atom stereocenters. The third-order valence-corrected chi connectivity index (χ3v) is 3.02. The van der Waals surface area contributed by atoms with Crippen LogP contribution in [0.3, 0.4) is 0 Å². The lowest BCUT2D eigenvalue weighted by molar-refractivity contribution is 0.0602. The number of nitrogens with two attached hydrogens (primary N) is 1. The van der Waals surface area contributed by atoms with Gasteiger partial charge < -0.3 is 15.4 Å². The van der Waals surface area contributed by atoms with Gasteiger partial charge in [-0.1, -0.05) is 20.3 Å². The Kier molecular flexibility index (Phi) is 4.95. The Morgan fingerprint density at radius 2 is 2.28 bits per heavy atom. The largest absolute Gasteiger partial charge is 0.465 e. The summed E-state index contributed by atoms with van der Waals surface area (Å²) in [7, 11) is 3.26. The molecule has 0 saturated carbocycles.